The maximum absolute atomic E-state index is 6.15. The van der Waals surface area contributed by atoms with Gasteiger partial charge in [-0.1, -0.05) is 35.9 Å². The summed E-state index contributed by atoms with van der Waals surface area (Å²) in [5.41, 5.74) is 4.08. The summed E-state index contributed by atoms with van der Waals surface area (Å²) in [7, 11) is 0. The van der Waals surface area contributed by atoms with Crippen molar-refractivity contribution in [3.63, 3.8) is 0 Å². The molecule has 0 radical (unpaired) electrons. The molecule has 0 saturated carbocycles. The molecule has 120 valence electrons. The summed E-state index contributed by atoms with van der Waals surface area (Å²) in [6.07, 6.45) is 1.55. The fourth-order valence-electron chi connectivity index (χ4n) is 2.73. The summed E-state index contributed by atoms with van der Waals surface area (Å²) < 4.78 is 11.7. The normalized spacial score (nSPS) is 11.4. The van der Waals surface area contributed by atoms with Crippen LogP contribution >= 0.6 is 11.6 Å². The number of para-hydroxylation sites is 4. The van der Waals surface area contributed by atoms with Crippen LogP contribution in [0.2, 0.25) is 5.02 Å². The van der Waals surface area contributed by atoms with Gasteiger partial charge >= 0.3 is 0 Å². The minimum atomic E-state index is 0.398. The van der Waals surface area contributed by atoms with E-state index in [9.17, 15) is 0 Å². The highest BCUT2D eigenvalue weighted by Crippen LogP contribution is 2.34. The second-order valence-corrected chi connectivity index (χ2v) is 5.96. The van der Waals surface area contributed by atoms with Crippen molar-refractivity contribution < 1.29 is 8.83 Å². The van der Waals surface area contributed by atoms with Crippen LogP contribution in [0, 0.1) is 0 Å². The zero-order chi connectivity index (χ0) is 16.8. The smallest absolute Gasteiger partial charge is 0.247 e. The number of benzene rings is 2. The van der Waals surface area contributed by atoms with Gasteiger partial charge in [-0.15, -0.1) is 0 Å². The summed E-state index contributed by atoms with van der Waals surface area (Å²) in [5, 5.41) is 0.483. The third-order valence-corrected chi connectivity index (χ3v) is 4.08. The van der Waals surface area contributed by atoms with E-state index < -0.39 is 0 Å². The van der Waals surface area contributed by atoms with Gasteiger partial charge in [-0.25, -0.2) is 15.0 Å². The van der Waals surface area contributed by atoms with Crippen molar-refractivity contribution in [2.75, 3.05) is 0 Å². The molecule has 0 unspecified atom stereocenters. The van der Waals surface area contributed by atoms with Gasteiger partial charge in [0.2, 0.25) is 11.8 Å². The van der Waals surface area contributed by atoms with E-state index in [1.54, 1.807) is 12.3 Å². The molecule has 0 bridgehead atoms. The molecule has 5 aromatic rings. The lowest BCUT2D eigenvalue weighted by Crippen LogP contribution is -1.90. The van der Waals surface area contributed by atoms with E-state index in [1.807, 2.05) is 48.5 Å². The Balaban J connectivity index is 1.75. The fraction of sp³-hybridized carbons (Fsp3) is 0. The largest absolute Gasteiger partial charge is 0.436 e. The number of aromatic nitrogens is 3. The summed E-state index contributed by atoms with van der Waals surface area (Å²) in [5.74, 6) is 0.823. The molecule has 3 aromatic heterocycles. The van der Waals surface area contributed by atoms with Crippen molar-refractivity contribution in [1.82, 2.24) is 15.0 Å². The second-order valence-electron chi connectivity index (χ2n) is 5.52. The Kier molecular flexibility index (Phi) is 3.08. The molecule has 3 heterocycles. The van der Waals surface area contributed by atoms with E-state index in [0.29, 0.717) is 39.2 Å². The number of pyridine rings is 1. The first-order chi connectivity index (χ1) is 12.3. The van der Waals surface area contributed by atoms with E-state index in [2.05, 4.69) is 15.0 Å². The quantitative estimate of drug-likeness (QED) is 0.430. The van der Waals surface area contributed by atoms with Crippen LogP contribution < -0.4 is 0 Å². The van der Waals surface area contributed by atoms with Gasteiger partial charge in [0.15, 0.2) is 11.2 Å². The monoisotopic (exact) mass is 347 g/mol. The van der Waals surface area contributed by atoms with E-state index in [0.717, 1.165) is 11.0 Å². The lowest BCUT2D eigenvalue weighted by Gasteiger charge is -2.02. The summed E-state index contributed by atoms with van der Waals surface area (Å²) >= 11 is 6.15. The van der Waals surface area contributed by atoms with Crippen molar-refractivity contribution in [3.05, 3.63) is 65.8 Å². The van der Waals surface area contributed by atoms with Crippen LogP contribution in [-0.2, 0) is 0 Å². The standard InChI is InChI=1S/C19H10ClN3O2/c20-11-9-12(18-22-13-5-1-3-7-15(13)24-18)17(21-10-11)19-23-14-6-2-4-8-16(14)25-19/h1-10H. The highest BCUT2D eigenvalue weighted by Gasteiger charge is 2.19. The average Bonchev–Trinajstić information content (AvgIpc) is 3.25. The highest BCUT2D eigenvalue weighted by molar-refractivity contribution is 6.30. The van der Waals surface area contributed by atoms with Crippen molar-refractivity contribution in [1.29, 1.82) is 0 Å². The third kappa shape index (κ3) is 2.37. The molecule has 2 aromatic carbocycles. The Morgan fingerprint density at radius 2 is 1.36 bits per heavy atom. The first kappa shape index (κ1) is 14.2. The average molecular weight is 348 g/mol. The highest BCUT2D eigenvalue weighted by atomic mass is 35.5. The molecule has 0 fully saturated rings. The Hall–Kier alpha value is -3.18. The number of nitrogens with zero attached hydrogens (tertiary/aromatic N) is 3. The molecule has 0 aliphatic carbocycles. The molecule has 0 atom stereocenters. The van der Waals surface area contributed by atoms with Crippen LogP contribution in [0.25, 0.3) is 45.2 Å². The molecule has 6 heteroatoms. The Labute approximate surface area is 146 Å². The topological polar surface area (TPSA) is 65.0 Å². The summed E-state index contributed by atoms with van der Waals surface area (Å²) in [6.45, 7) is 0. The molecular weight excluding hydrogens is 338 g/mol. The van der Waals surface area contributed by atoms with Crippen LogP contribution in [0.4, 0.5) is 0 Å². The zero-order valence-corrected chi connectivity index (χ0v) is 13.6. The molecule has 5 rings (SSSR count). The maximum Gasteiger partial charge on any atom is 0.247 e. The first-order valence-electron chi connectivity index (χ1n) is 7.65. The predicted molar refractivity (Wildman–Crippen MR) is 95.3 cm³/mol. The molecule has 0 amide bonds. The van der Waals surface area contributed by atoms with Crippen molar-refractivity contribution in [2.45, 2.75) is 0 Å². The number of oxazole rings is 2. The summed E-state index contributed by atoms with van der Waals surface area (Å²) in [6, 6.07) is 16.9. The minimum Gasteiger partial charge on any atom is -0.436 e. The van der Waals surface area contributed by atoms with E-state index >= 15 is 0 Å². The van der Waals surface area contributed by atoms with Crippen molar-refractivity contribution in [2.24, 2.45) is 0 Å². The lowest BCUT2D eigenvalue weighted by atomic mass is 10.2. The van der Waals surface area contributed by atoms with Crippen LogP contribution in [0.1, 0.15) is 0 Å². The van der Waals surface area contributed by atoms with E-state index in [4.69, 9.17) is 20.4 Å². The number of hydrogen-bond acceptors (Lipinski definition) is 5. The Morgan fingerprint density at radius 1 is 0.760 bits per heavy atom. The molecular formula is C19H10ClN3O2. The molecule has 0 saturated heterocycles. The fourth-order valence-corrected chi connectivity index (χ4v) is 2.89. The predicted octanol–water partition coefficient (Wildman–Crippen LogP) is 5.35. The molecule has 25 heavy (non-hydrogen) atoms. The number of rotatable bonds is 2. The Morgan fingerprint density at radius 3 is 2.04 bits per heavy atom. The number of fused-ring (bicyclic) bond motifs is 2. The van der Waals surface area contributed by atoms with Gasteiger partial charge in [-0.05, 0) is 30.3 Å². The second kappa shape index (κ2) is 5.43. The van der Waals surface area contributed by atoms with E-state index in [-0.39, 0.29) is 0 Å². The maximum atomic E-state index is 6.15. The van der Waals surface area contributed by atoms with E-state index in [1.165, 1.54) is 0 Å². The third-order valence-electron chi connectivity index (χ3n) is 3.88. The summed E-state index contributed by atoms with van der Waals surface area (Å²) in [4.78, 5) is 13.4. The molecule has 0 spiro atoms. The lowest BCUT2D eigenvalue weighted by molar-refractivity contribution is 0.609. The van der Waals surface area contributed by atoms with Crippen LogP contribution in [0.3, 0.4) is 0 Å². The van der Waals surface area contributed by atoms with Gasteiger partial charge in [0, 0.05) is 6.20 Å². The molecule has 0 aliphatic heterocycles. The van der Waals surface area contributed by atoms with Gasteiger partial charge in [-0.3, -0.25) is 0 Å². The van der Waals surface area contributed by atoms with Crippen LogP contribution in [0.15, 0.2) is 69.6 Å². The van der Waals surface area contributed by atoms with Crippen LogP contribution in [-0.4, -0.2) is 15.0 Å². The van der Waals surface area contributed by atoms with Crippen molar-refractivity contribution >= 4 is 33.8 Å². The number of halogens is 1. The SMILES string of the molecule is Clc1cnc(-c2nc3ccccc3o2)c(-c2nc3ccccc3o2)c1. The van der Waals surface area contributed by atoms with Gasteiger partial charge < -0.3 is 8.83 Å². The molecule has 0 aliphatic rings. The minimum absolute atomic E-state index is 0.398. The Bertz CT molecular complexity index is 1160. The van der Waals surface area contributed by atoms with Gasteiger partial charge in [0.1, 0.15) is 16.7 Å². The number of hydrogen-bond donors (Lipinski definition) is 0. The van der Waals surface area contributed by atoms with Gasteiger partial charge in [-0.2, -0.15) is 0 Å². The van der Waals surface area contributed by atoms with Gasteiger partial charge in [0.05, 0.1) is 10.6 Å². The van der Waals surface area contributed by atoms with Crippen LogP contribution in [0.5, 0.6) is 0 Å². The van der Waals surface area contributed by atoms with Crippen molar-refractivity contribution in [3.8, 4) is 23.0 Å². The first-order valence-corrected chi connectivity index (χ1v) is 8.03. The van der Waals surface area contributed by atoms with Gasteiger partial charge in [0.25, 0.3) is 0 Å². The molecule has 0 N–H and O–H groups in total. The molecule has 5 nitrogen and oxygen atoms in total. The zero-order valence-electron chi connectivity index (χ0n) is 12.8.